The maximum absolute atomic E-state index is 12.2. The first-order chi connectivity index (χ1) is 11.7. The van der Waals surface area contributed by atoms with Gasteiger partial charge in [0, 0.05) is 6.20 Å². The van der Waals surface area contributed by atoms with E-state index in [0.29, 0.717) is 10.9 Å². The van der Waals surface area contributed by atoms with Gasteiger partial charge in [-0.15, -0.1) is 0 Å². The lowest BCUT2D eigenvalue weighted by molar-refractivity contribution is -0.115. The van der Waals surface area contributed by atoms with Crippen molar-refractivity contribution in [2.45, 2.75) is 45.1 Å². The van der Waals surface area contributed by atoms with E-state index in [0.717, 1.165) is 29.4 Å². The Balaban J connectivity index is 1.58. The van der Waals surface area contributed by atoms with Gasteiger partial charge in [-0.05, 0) is 55.3 Å². The number of hydrogen-bond donors (Lipinski definition) is 1. The minimum absolute atomic E-state index is 0.0726. The number of pyridine rings is 1. The summed E-state index contributed by atoms with van der Waals surface area (Å²) < 4.78 is 1.99. The van der Waals surface area contributed by atoms with Crippen molar-refractivity contribution in [1.82, 2.24) is 14.7 Å². The number of fused-ring (bicyclic) bond motifs is 1. The minimum atomic E-state index is -0.0726. The van der Waals surface area contributed by atoms with Crippen LogP contribution >= 0.6 is 11.8 Å². The molecule has 1 amide bonds. The van der Waals surface area contributed by atoms with E-state index >= 15 is 0 Å². The van der Waals surface area contributed by atoms with Crippen LogP contribution in [0.25, 0.3) is 11.7 Å². The van der Waals surface area contributed by atoms with Crippen LogP contribution in [0.1, 0.15) is 43.4 Å². The van der Waals surface area contributed by atoms with Gasteiger partial charge in [0.2, 0.25) is 0 Å². The largest absolute Gasteiger partial charge is 0.301 e. The number of aliphatic imine (C=N–C) groups is 1. The summed E-state index contributed by atoms with van der Waals surface area (Å²) in [6.07, 6.45) is 11.7. The van der Waals surface area contributed by atoms with Crippen LogP contribution in [-0.4, -0.2) is 26.5 Å². The molecular weight excluding hydrogens is 320 g/mol. The SMILES string of the molecule is Cc1ccn2c(/C=C3/SC(=NC4CCCCC4)NC3=O)cnc2c1. The van der Waals surface area contributed by atoms with Crippen LogP contribution < -0.4 is 5.32 Å². The predicted molar refractivity (Wildman–Crippen MR) is 97.9 cm³/mol. The standard InChI is InChI=1S/C18H20N4OS/c1-12-7-8-22-14(11-19-16(22)9-12)10-15-17(23)21-18(24-15)20-13-5-3-2-4-6-13/h7-11,13H,2-6H2,1H3,(H,20,21,23)/b15-10+. The van der Waals surface area contributed by atoms with Crippen LogP contribution in [0.3, 0.4) is 0 Å². The number of aryl methyl sites for hydroxylation is 1. The summed E-state index contributed by atoms with van der Waals surface area (Å²) in [5, 5.41) is 3.64. The number of amides is 1. The highest BCUT2D eigenvalue weighted by molar-refractivity contribution is 8.18. The molecule has 0 aromatic carbocycles. The highest BCUT2D eigenvalue weighted by Crippen LogP contribution is 2.28. The Bertz CT molecular complexity index is 846. The van der Waals surface area contributed by atoms with Gasteiger partial charge in [-0.1, -0.05) is 19.3 Å². The molecule has 0 bridgehead atoms. The molecule has 0 spiro atoms. The molecule has 1 N–H and O–H groups in total. The van der Waals surface area contributed by atoms with Gasteiger partial charge in [-0.2, -0.15) is 0 Å². The van der Waals surface area contributed by atoms with Crippen LogP contribution in [0.4, 0.5) is 0 Å². The van der Waals surface area contributed by atoms with Crippen LogP contribution in [0.2, 0.25) is 0 Å². The third-order valence-electron chi connectivity index (χ3n) is 4.50. The Morgan fingerprint density at radius 2 is 2.21 bits per heavy atom. The molecule has 0 radical (unpaired) electrons. The number of imidazole rings is 1. The number of carbonyl (C=O) groups is 1. The summed E-state index contributed by atoms with van der Waals surface area (Å²) in [7, 11) is 0. The molecule has 0 unspecified atom stereocenters. The summed E-state index contributed by atoms with van der Waals surface area (Å²) in [5.74, 6) is -0.0726. The van der Waals surface area contributed by atoms with Gasteiger partial charge in [0.15, 0.2) is 5.17 Å². The fourth-order valence-electron chi connectivity index (χ4n) is 3.21. The average Bonchev–Trinajstić information content (AvgIpc) is 3.12. The normalized spacial score (nSPS) is 22.6. The Hall–Kier alpha value is -2.08. The second-order valence-electron chi connectivity index (χ2n) is 6.41. The topological polar surface area (TPSA) is 58.8 Å². The number of rotatable bonds is 2. The molecule has 124 valence electrons. The number of carbonyl (C=O) groups excluding carboxylic acids is 1. The maximum atomic E-state index is 12.2. The van der Waals surface area contributed by atoms with Crippen molar-refractivity contribution in [3.05, 3.63) is 40.7 Å². The van der Waals surface area contributed by atoms with Crippen molar-refractivity contribution < 1.29 is 4.79 Å². The Morgan fingerprint density at radius 1 is 1.38 bits per heavy atom. The van der Waals surface area contributed by atoms with Gasteiger partial charge in [0.05, 0.1) is 22.8 Å². The van der Waals surface area contributed by atoms with Gasteiger partial charge in [-0.25, -0.2) is 4.98 Å². The van der Waals surface area contributed by atoms with Crippen molar-refractivity contribution in [2.24, 2.45) is 4.99 Å². The van der Waals surface area contributed by atoms with Crippen molar-refractivity contribution in [3.8, 4) is 0 Å². The van der Waals surface area contributed by atoms with Crippen LogP contribution in [0.5, 0.6) is 0 Å². The van der Waals surface area contributed by atoms with E-state index in [2.05, 4.69) is 10.3 Å². The van der Waals surface area contributed by atoms with Crippen molar-refractivity contribution in [3.63, 3.8) is 0 Å². The zero-order valence-corrected chi connectivity index (χ0v) is 14.5. The molecule has 1 aliphatic carbocycles. The highest BCUT2D eigenvalue weighted by Gasteiger charge is 2.25. The lowest BCUT2D eigenvalue weighted by Gasteiger charge is -2.17. The summed E-state index contributed by atoms with van der Waals surface area (Å²) in [5.41, 5.74) is 2.96. The van der Waals surface area contributed by atoms with Gasteiger partial charge in [0.25, 0.3) is 5.91 Å². The van der Waals surface area contributed by atoms with E-state index in [4.69, 9.17) is 4.99 Å². The summed E-state index contributed by atoms with van der Waals surface area (Å²) in [6, 6.07) is 4.42. The molecule has 6 heteroatoms. The van der Waals surface area contributed by atoms with Gasteiger partial charge >= 0.3 is 0 Å². The van der Waals surface area contributed by atoms with E-state index in [9.17, 15) is 4.79 Å². The molecule has 1 saturated carbocycles. The molecule has 2 aromatic heterocycles. The fourth-order valence-corrected chi connectivity index (χ4v) is 4.08. The fraction of sp³-hybridized carbons (Fsp3) is 0.389. The first-order valence-electron chi connectivity index (χ1n) is 8.41. The average molecular weight is 340 g/mol. The third-order valence-corrected chi connectivity index (χ3v) is 5.43. The molecule has 4 rings (SSSR count). The van der Waals surface area contributed by atoms with Crippen LogP contribution in [-0.2, 0) is 4.79 Å². The molecule has 0 atom stereocenters. The maximum Gasteiger partial charge on any atom is 0.264 e. The van der Waals surface area contributed by atoms with Gasteiger partial charge in [0.1, 0.15) is 5.65 Å². The molecule has 2 aliphatic rings. The first kappa shape index (κ1) is 15.4. The second kappa shape index (κ2) is 6.43. The summed E-state index contributed by atoms with van der Waals surface area (Å²) >= 11 is 1.43. The van der Waals surface area contributed by atoms with Crippen molar-refractivity contribution in [2.75, 3.05) is 0 Å². The molecule has 1 aliphatic heterocycles. The lowest BCUT2D eigenvalue weighted by Crippen LogP contribution is -2.22. The highest BCUT2D eigenvalue weighted by atomic mass is 32.2. The van der Waals surface area contributed by atoms with Gasteiger partial charge in [-0.3, -0.25) is 9.79 Å². The van der Waals surface area contributed by atoms with E-state index in [1.54, 1.807) is 6.20 Å². The van der Waals surface area contributed by atoms with E-state index in [1.807, 2.05) is 35.7 Å². The van der Waals surface area contributed by atoms with Crippen LogP contribution in [0.15, 0.2) is 34.4 Å². The molecular formula is C18H20N4OS. The number of aromatic nitrogens is 2. The van der Waals surface area contributed by atoms with E-state index in [-0.39, 0.29) is 5.91 Å². The van der Waals surface area contributed by atoms with Crippen molar-refractivity contribution in [1.29, 1.82) is 0 Å². The smallest absolute Gasteiger partial charge is 0.264 e. The molecule has 2 aromatic rings. The third kappa shape index (κ3) is 3.11. The van der Waals surface area contributed by atoms with Gasteiger partial charge < -0.3 is 9.72 Å². The van der Waals surface area contributed by atoms with E-state index in [1.165, 1.54) is 36.6 Å². The molecule has 24 heavy (non-hydrogen) atoms. The quantitative estimate of drug-likeness (QED) is 0.851. The zero-order valence-electron chi connectivity index (χ0n) is 13.7. The second-order valence-corrected chi connectivity index (χ2v) is 7.44. The zero-order chi connectivity index (χ0) is 16.5. The summed E-state index contributed by atoms with van der Waals surface area (Å²) in [6.45, 7) is 2.04. The Kier molecular flexibility index (Phi) is 4.14. The number of hydrogen-bond acceptors (Lipinski definition) is 4. The number of thioether (sulfide) groups is 1. The number of amidine groups is 1. The number of nitrogens with zero attached hydrogens (tertiary/aromatic N) is 3. The number of nitrogens with one attached hydrogen (secondary N) is 1. The molecule has 5 nitrogen and oxygen atoms in total. The first-order valence-corrected chi connectivity index (χ1v) is 9.23. The monoisotopic (exact) mass is 340 g/mol. The Morgan fingerprint density at radius 3 is 3.04 bits per heavy atom. The molecule has 1 saturated heterocycles. The molecule has 3 heterocycles. The van der Waals surface area contributed by atoms with Crippen LogP contribution in [0, 0.1) is 6.92 Å². The molecule has 2 fully saturated rings. The van der Waals surface area contributed by atoms with Crippen molar-refractivity contribution >= 4 is 34.6 Å². The van der Waals surface area contributed by atoms with E-state index < -0.39 is 0 Å². The lowest BCUT2D eigenvalue weighted by atomic mass is 9.96. The Labute approximate surface area is 145 Å². The summed E-state index contributed by atoms with van der Waals surface area (Å²) in [4.78, 5) is 22.0. The minimum Gasteiger partial charge on any atom is -0.301 e. The predicted octanol–water partition coefficient (Wildman–Crippen LogP) is 3.54.